The topological polar surface area (TPSA) is 53.5 Å². The Balaban J connectivity index is 1.64. The first-order chi connectivity index (χ1) is 16.2. The molecule has 1 unspecified atom stereocenters. The van der Waals surface area contributed by atoms with Crippen LogP contribution in [0.5, 0.6) is 5.75 Å². The van der Waals surface area contributed by atoms with Gasteiger partial charge >= 0.3 is 6.18 Å². The summed E-state index contributed by atoms with van der Waals surface area (Å²) in [7, 11) is 0. The number of halogens is 3. The minimum absolute atomic E-state index is 0.202. The summed E-state index contributed by atoms with van der Waals surface area (Å²) in [6, 6.07) is 19.1. The van der Waals surface area contributed by atoms with Crippen molar-refractivity contribution in [1.29, 1.82) is 0 Å². The molecular weight excluding hydrogens is 441 g/mol. The molecule has 0 bridgehead atoms. The van der Waals surface area contributed by atoms with Gasteiger partial charge in [0.2, 0.25) is 0 Å². The minimum atomic E-state index is -4.60. The maximum absolute atomic E-state index is 13.8. The zero-order chi connectivity index (χ0) is 24.3. The Morgan fingerprint density at radius 3 is 2.35 bits per heavy atom. The normalized spacial score (nSPS) is 14.8. The SMILES string of the molecule is CC(C)NC(O)c1c(Nc2ccc(OCc3ccccc3)cc2C2CC2)cccc1C(F)(F)F. The fourth-order valence-corrected chi connectivity index (χ4v) is 3.98. The van der Waals surface area contributed by atoms with Crippen LogP contribution in [0.4, 0.5) is 24.5 Å². The molecule has 0 saturated heterocycles. The smallest absolute Gasteiger partial charge is 0.416 e. The quantitative estimate of drug-likeness (QED) is 0.298. The first-order valence-corrected chi connectivity index (χ1v) is 11.4. The summed E-state index contributed by atoms with van der Waals surface area (Å²) in [4.78, 5) is 0. The van der Waals surface area contributed by atoms with Crippen LogP contribution in [0.3, 0.4) is 0 Å². The molecule has 3 N–H and O–H groups in total. The van der Waals surface area contributed by atoms with Gasteiger partial charge in [-0.15, -0.1) is 0 Å². The van der Waals surface area contributed by atoms with Crippen molar-refractivity contribution < 1.29 is 23.0 Å². The van der Waals surface area contributed by atoms with E-state index in [0.717, 1.165) is 30.0 Å². The molecule has 1 aliphatic carbocycles. The number of alkyl halides is 3. The molecule has 0 aliphatic heterocycles. The van der Waals surface area contributed by atoms with Crippen molar-refractivity contribution >= 4 is 11.4 Å². The molecule has 1 atom stereocenters. The number of benzene rings is 3. The van der Waals surface area contributed by atoms with Crippen LogP contribution in [0, 0.1) is 0 Å². The Kier molecular flexibility index (Phi) is 7.14. The molecule has 1 aliphatic rings. The summed E-state index contributed by atoms with van der Waals surface area (Å²) < 4.78 is 47.3. The van der Waals surface area contributed by atoms with Crippen molar-refractivity contribution in [1.82, 2.24) is 5.32 Å². The van der Waals surface area contributed by atoms with Gasteiger partial charge in [-0.05, 0) is 74.1 Å². The summed E-state index contributed by atoms with van der Waals surface area (Å²) in [5, 5.41) is 16.6. The standard InChI is InChI=1S/C27H29F3N2O2/c1-17(2)31-26(33)25-22(27(28,29)30)9-6-10-24(25)32-23-14-13-20(15-21(23)19-11-12-19)34-16-18-7-4-3-5-8-18/h3-10,13-15,17,19,26,31-33H,11-12,16H2,1-2H3. The van der Waals surface area contributed by atoms with E-state index in [4.69, 9.17) is 4.74 Å². The van der Waals surface area contributed by atoms with Crippen LogP contribution in [-0.4, -0.2) is 11.1 Å². The Morgan fingerprint density at radius 2 is 1.71 bits per heavy atom. The molecule has 0 aromatic heterocycles. The molecule has 1 fully saturated rings. The van der Waals surface area contributed by atoms with Crippen LogP contribution in [0.2, 0.25) is 0 Å². The van der Waals surface area contributed by atoms with Gasteiger partial charge in [0.05, 0.1) is 5.56 Å². The van der Waals surface area contributed by atoms with E-state index in [9.17, 15) is 18.3 Å². The van der Waals surface area contributed by atoms with Gasteiger partial charge in [-0.1, -0.05) is 36.4 Å². The summed E-state index contributed by atoms with van der Waals surface area (Å²) in [6.07, 6.45) is -4.03. The largest absolute Gasteiger partial charge is 0.489 e. The predicted octanol–water partition coefficient (Wildman–Crippen LogP) is 6.89. The molecule has 3 aromatic rings. The van der Waals surface area contributed by atoms with E-state index < -0.39 is 18.0 Å². The van der Waals surface area contributed by atoms with Crippen LogP contribution in [-0.2, 0) is 12.8 Å². The van der Waals surface area contributed by atoms with Gasteiger partial charge in [-0.25, -0.2) is 0 Å². The maximum Gasteiger partial charge on any atom is 0.416 e. The molecule has 0 heterocycles. The lowest BCUT2D eigenvalue weighted by molar-refractivity contribution is -0.139. The van der Waals surface area contributed by atoms with Crippen LogP contribution in [0.25, 0.3) is 0 Å². The number of hydrogen-bond donors (Lipinski definition) is 3. The summed E-state index contributed by atoms with van der Waals surface area (Å²) >= 11 is 0. The number of hydrogen-bond acceptors (Lipinski definition) is 4. The molecule has 0 radical (unpaired) electrons. The summed E-state index contributed by atoms with van der Waals surface area (Å²) in [6.45, 7) is 3.97. The van der Waals surface area contributed by atoms with Gasteiger partial charge in [0.25, 0.3) is 0 Å². The van der Waals surface area contributed by atoms with Gasteiger partial charge in [0, 0.05) is 23.0 Å². The van der Waals surface area contributed by atoms with Crippen molar-refractivity contribution in [2.24, 2.45) is 0 Å². The summed E-state index contributed by atoms with van der Waals surface area (Å²) in [5.74, 6) is 1.04. The molecule has 34 heavy (non-hydrogen) atoms. The van der Waals surface area contributed by atoms with E-state index in [-0.39, 0.29) is 17.3 Å². The number of aliphatic hydroxyl groups excluding tert-OH is 1. The van der Waals surface area contributed by atoms with E-state index >= 15 is 0 Å². The van der Waals surface area contributed by atoms with E-state index in [1.54, 1.807) is 19.9 Å². The van der Waals surface area contributed by atoms with Gasteiger partial charge in [-0.2, -0.15) is 13.2 Å². The van der Waals surface area contributed by atoms with Crippen LogP contribution < -0.4 is 15.4 Å². The molecule has 0 amide bonds. The third-order valence-electron chi connectivity index (χ3n) is 5.73. The second-order valence-corrected chi connectivity index (χ2v) is 8.91. The predicted molar refractivity (Wildman–Crippen MR) is 127 cm³/mol. The van der Waals surface area contributed by atoms with Gasteiger partial charge in [0.15, 0.2) is 0 Å². The van der Waals surface area contributed by atoms with Crippen LogP contribution in [0.1, 0.15) is 61.1 Å². The number of nitrogens with one attached hydrogen (secondary N) is 2. The molecule has 0 spiro atoms. The van der Waals surface area contributed by atoms with Crippen LogP contribution in [0.15, 0.2) is 66.7 Å². The highest BCUT2D eigenvalue weighted by Crippen LogP contribution is 2.46. The van der Waals surface area contributed by atoms with Crippen molar-refractivity contribution in [2.75, 3.05) is 5.32 Å². The number of ether oxygens (including phenoxy) is 1. The molecule has 1 saturated carbocycles. The van der Waals surface area contributed by atoms with E-state index in [2.05, 4.69) is 10.6 Å². The number of aliphatic hydroxyl groups is 1. The highest BCUT2D eigenvalue weighted by molar-refractivity contribution is 5.70. The second kappa shape index (κ2) is 10.1. The lowest BCUT2D eigenvalue weighted by Crippen LogP contribution is -2.30. The van der Waals surface area contributed by atoms with Gasteiger partial charge < -0.3 is 15.2 Å². The molecular formula is C27H29F3N2O2. The monoisotopic (exact) mass is 470 g/mol. The Morgan fingerprint density at radius 1 is 0.971 bits per heavy atom. The van der Waals surface area contributed by atoms with E-state index in [0.29, 0.717) is 24.0 Å². The number of anilines is 2. The lowest BCUT2D eigenvalue weighted by atomic mass is 10.0. The maximum atomic E-state index is 13.8. The molecule has 4 nitrogen and oxygen atoms in total. The molecule has 180 valence electrons. The fraction of sp³-hybridized carbons (Fsp3) is 0.333. The molecule has 3 aromatic carbocycles. The van der Waals surface area contributed by atoms with Crippen molar-refractivity contribution in [3.63, 3.8) is 0 Å². The van der Waals surface area contributed by atoms with Gasteiger partial charge in [-0.3, -0.25) is 5.32 Å². The first kappa shape index (κ1) is 24.1. The zero-order valence-electron chi connectivity index (χ0n) is 19.2. The minimum Gasteiger partial charge on any atom is -0.489 e. The third kappa shape index (κ3) is 5.90. The molecule has 7 heteroatoms. The Bertz CT molecular complexity index is 1110. The highest BCUT2D eigenvalue weighted by Gasteiger charge is 2.37. The van der Waals surface area contributed by atoms with Crippen molar-refractivity contribution in [3.05, 3.63) is 89.0 Å². The van der Waals surface area contributed by atoms with Gasteiger partial charge in [0.1, 0.15) is 18.6 Å². The van der Waals surface area contributed by atoms with Crippen molar-refractivity contribution in [2.45, 2.75) is 57.7 Å². The lowest BCUT2D eigenvalue weighted by Gasteiger charge is -2.24. The highest BCUT2D eigenvalue weighted by atomic mass is 19.4. The van der Waals surface area contributed by atoms with E-state index in [1.165, 1.54) is 6.07 Å². The summed E-state index contributed by atoms with van der Waals surface area (Å²) in [5.41, 5.74) is 1.91. The average molecular weight is 471 g/mol. The Hall–Kier alpha value is -3.03. The number of rotatable bonds is 9. The zero-order valence-corrected chi connectivity index (χ0v) is 19.2. The van der Waals surface area contributed by atoms with Crippen molar-refractivity contribution in [3.8, 4) is 5.75 Å². The molecule has 4 rings (SSSR count). The first-order valence-electron chi connectivity index (χ1n) is 11.4. The third-order valence-corrected chi connectivity index (χ3v) is 5.73. The second-order valence-electron chi connectivity index (χ2n) is 8.91. The fourth-order valence-electron chi connectivity index (χ4n) is 3.98. The van der Waals surface area contributed by atoms with Crippen LogP contribution >= 0.6 is 0 Å². The van der Waals surface area contributed by atoms with E-state index in [1.807, 2.05) is 48.5 Å². The average Bonchev–Trinajstić information content (AvgIpc) is 3.63. The Labute approximate surface area is 197 Å².